The number of hydrogen-bond donors (Lipinski definition) is 2. The van der Waals surface area contributed by atoms with Crippen LogP contribution in [0.3, 0.4) is 0 Å². The Labute approximate surface area is 198 Å². The van der Waals surface area contributed by atoms with Gasteiger partial charge < -0.3 is 24.8 Å². The van der Waals surface area contributed by atoms with E-state index in [9.17, 15) is 19.5 Å². The van der Waals surface area contributed by atoms with Gasteiger partial charge in [0.05, 0.1) is 7.11 Å². The predicted molar refractivity (Wildman–Crippen MR) is 125 cm³/mol. The van der Waals surface area contributed by atoms with E-state index < -0.39 is 23.5 Å². The van der Waals surface area contributed by atoms with Gasteiger partial charge in [0.1, 0.15) is 11.8 Å². The standard InChI is InChI=1S/C26H30N2O6/c1-33-22-8-3-2-7-20(22)19-11-9-18(10-12-19)17-21(23(29)30)27-24(31)26(13-6-16-34-26)25(32)28-14-4-5-15-28/h2-3,7-12,21H,4-6,13-17H2,1H3,(H,27,31)(H,29,30)/t21-,26+/m0/s1. The van der Waals surface area contributed by atoms with E-state index in [0.29, 0.717) is 26.1 Å². The molecule has 2 N–H and O–H groups in total. The lowest BCUT2D eigenvalue weighted by Gasteiger charge is -2.31. The minimum Gasteiger partial charge on any atom is -0.496 e. The number of para-hydroxylation sites is 1. The Bertz CT molecular complexity index is 1040. The third-order valence-corrected chi connectivity index (χ3v) is 6.54. The van der Waals surface area contributed by atoms with Gasteiger partial charge in [-0.15, -0.1) is 0 Å². The number of hydrogen-bond acceptors (Lipinski definition) is 5. The topological polar surface area (TPSA) is 105 Å². The Morgan fingerprint density at radius 2 is 1.79 bits per heavy atom. The van der Waals surface area contributed by atoms with Crippen LogP contribution in [-0.4, -0.2) is 66.2 Å². The molecule has 2 aromatic rings. The lowest BCUT2D eigenvalue weighted by molar-refractivity contribution is -0.163. The van der Waals surface area contributed by atoms with Crippen molar-refractivity contribution in [2.45, 2.75) is 43.7 Å². The zero-order valence-electron chi connectivity index (χ0n) is 19.3. The molecule has 0 radical (unpaired) electrons. The van der Waals surface area contributed by atoms with E-state index in [0.717, 1.165) is 35.3 Å². The summed E-state index contributed by atoms with van der Waals surface area (Å²) < 4.78 is 11.1. The fourth-order valence-corrected chi connectivity index (χ4v) is 4.67. The third-order valence-electron chi connectivity index (χ3n) is 6.54. The summed E-state index contributed by atoms with van der Waals surface area (Å²) in [7, 11) is 1.61. The van der Waals surface area contributed by atoms with Crippen LogP contribution in [0.1, 0.15) is 31.2 Å². The molecule has 2 fully saturated rings. The normalized spacial score (nSPS) is 20.7. The van der Waals surface area contributed by atoms with E-state index in [4.69, 9.17) is 9.47 Å². The smallest absolute Gasteiger partial charge is 0.326 e. The number of carbonyl (C=O) groups is 3. The number of ether oxygens (including phenoxy) is 2. The van der Waals surface area contributed by atoms with Crippen molar-refractivity contribution in [1.82, 2.24) is 10.2 Å². The molecule has 0 aromatic heterocycles. The van der Waals surface area contributed by atoms with Crippen molar-refractivity contribution in [1.29, 1.82) is 0 Å². The lowest BCUT2D eigenvalue weighted by atomic mass is 9.95. The molecule has 8 heteroatoms. The maximum atomic E-state index is 13.2. The Balaban J connectivity index is 1.48. The minimum absolute atomic E-state index is 0.0846. The van der Waals surface area contributed by atoms with Crippen molar-refractivity contribution in [3.8, 4) is 16.9 Å². The first-order valence-corrected chi connectivity index (χ1v) is 11.6. The molecule has 180 valence electrons. The van der Waals surface area contributed by atoms with E-state index in [1.165, 1.54) is 0 Å². The van der Waals surface area contributed by atoms with E-state index in [2.05, 4.69) is 5.32 Å². The summed E-state index contributed by atoms with van der Waals surface area (Å²) in [6.07, 6.45) is 2.71. The molecule has 0 spiro atoms. The highest BCUT2D eigenvalue weighted by Gasteiger charge is 2.52. The van der Waals surface area contributed by atoms with E-state index >= 15 is 0 Å². The molecule has 0 bridgehead atoms. The number of benzene rings is 2. The van der Waals surface area contributed by atoms with Crippen LogP contribution in [-0.2, 0) is 25.5 Å². The van der Waals surface area contributed by atoms with Crippen LogP contribution in [0.2, 0.25) is 0 Å². The fraction of sp³-hybridized carbons (Fsp3) is 0.423. The van der Waals surface area contributed by atoms with Gasteiger partial charge in [0.15, 0.2) is 0 Å². The first-order chi connectivity index (χ1) is 16.4. The molecule has 2 aliphatic rings. The molecule has 2 heterocycles. The summed E-state index contributed by atoms with van der Waals surface area (Å²) in [5.41, 5.74) is 0.983. The van der Waals surface area contributed by atoms with Crippen molar-refractivity contribution in [2.24, 2.45) is 0 Å². The largest absolute Gasteiger partial charge is 0.496 e. The van der Waals surface area contributed by atoms with Crippen molar-refractivity contribution in [2.75, 3.05) is 26.8 Å². The van der Waals surface area contributed by atoms with E-state index in [1.54, 1.807) is 12.0 Å². The number of amides is 2. The van der Waals surface area contributed by atoms with Crippen molar-refractivity contribution < 1.29 is 29.0 Å². The first kappa shape index (κ1) is 23.8. The van der Waals surface area contributed by atoms with Crippen LogP contribution in [0.4, 0.5) is 0 Å². The van der Waals surface area contributed by atoms with Crippen molar-refractivity contribution in [3.63, 3.8) is 0 Å². The molecule has 0 aliphatic carbocycles. The third kappa shape index (κ3) is 4.77. The van der Waals surface area contributed by atoms with Gasteiger partial charge in [-0.2, -0.15) is 0 Å². The molecule has 2 saturated heterocycles. The second kappa shape index (κ2) is 10.3. The Hall–Kier alpha value is -3.39. The predicted octanol–water partition coefficient (Wildman–Crippen LogP) is 2.65. The van der Waals surface area contributed by atoms with Crippen LogP contribution in [0.15, 0.2) is 48.5 Å². The van der Waals surface area contributed by atoms with Gasteiger partial charge in [0, 0.05) is 31.7 Å². The average molecular weight is 467 g/mol. The molecule has 0 unspecified atom stereocenters. The monoisotopic (exact) mass is 466 g/mol. The number of likely N-dealkylation sites (tertiary alicyclic amines) is 1. The summed E-state index contributed by atoms with van der Waals surface area (Å²) in [6.45, 7) is 1.49. The SMILES string of the molecule is COc1ccccc1-c1ccc(C[C@H](NC(=O)[C@@]2(C(=O)N3CCCC3)CCCO2)C(=O)O)cc1. The summed E-state index contributed by atoms with van der Waals surface area (Å²) in [5, 5.41) is 12.4. The summed E-state index contributed by atoms with van der Waals surface area (Å²) in [5.74, 6) is -1.44. The van der Waals surface area contributed by atoms with Crippen LogP contribution >= 0.6 is 0 Å². The van der Waals surface area contributed by atoms with Crippen LogP contribution in [0.5, 0.6) is 5.75 Å². The molecular formula is C26H30N2O6. The number of carboxylic acids is 1. The number of carbonyl (C=O) groups excluding carboxylic acids is 2. The van der Waals surface area contributed by atoms with Gasteiger partial charge in [-0.05, 0) is 42.9 Å². The van der Waals surface area contributed by atoms with Crippen LogP contribution in [0, 0.1) is 0 Å². The van der Waals surface area contributed by atoms with Gasteiger partial charge in [-0.25, -0.2) is 4.79 Å². The summed E-state index contributed by atoms with van der Waals surface area (Å²) in [6, 6.07) is 13.9. The number of nitrogens with zero attached hydrogens (tertiary/aromatic N) is 1. The van der Waals surface area contributed by atoms with Crippen LogP contribution in [0.25, 0.3) is 11.1 Å². The van der Waals surface area contributed by atoms with E-state index in [1.807, 2.05) is 48.5 Å². The zero-order chi connectivity index (χ0) is 24.1. The second-order valence-corrected chi connectivity index (χ2v) is 8.74. The summed E-state index contributed by atoms with van der Waals surface area (Å²) >= 11 is 0. The van der Waals surface area contributed by atoms with Crippen molar-refractivity contribution in [3.05, 3.63) is 54.1 Å². The summed E-state index contributed by atoms with van der Waals surface area (Å²) in [4.78, 5) is 40.0. The number of aliphatic carboxylic acids is 1. The molecule has 0 saturated carbocycles. The molecule has 4 rings (SSSR count). The van der Waals surface area contributed by atoms with Gasteiger partial charge in [-0.3, -0.25) is 9.59 Å². The first-order valence-electron chi connectivity index (χ1n) is 11.6. The van der Waals surface area contributed by atoms with Crippen LogP contribution < -0.4 is 10.1 Å². The highest BCUT2D eigenvalue weighted by molar-refractivity contribution is 6.09. The molecule has 2 amide bonds. The number of nitrogens with one attached hydrogen (secondary N) is 1. The fourth-order valence-electron chi connectivity index (χ4n) is 4.67. The Morgan fingerprint density at radius 3 is 2.41 bits per heavy atom. The lowest BCUT2D eigenvalue weighted by Crippen LogP contribution is -2.60. The molecule has 2 aliphatic heterocycles. The average Bonchev–Trinajstić information content (AvgIpc) is 3.57. The van der Waals surface area contributed by atoms with Crippen molar-refractivity contribution >= 4 is 17.8 Å². The highest BCUT2D eigenvalue weighted by atomic mass is 16.5. The molecular weight excluding hydrogens is 436 g/mol. The van der Waals surface area contributed by atoms with Gasteiger partial charge in [0.25, 0.3) is 11.8 Å². The molecule has 34 heavy (non-hydrogen) atoms. The quantitative estimate of drug-likeness (QED) is 0.580. The molecule has 2 atom stereocenters. The zero-order valence-corrected chi connectivity index (χ0v) is 19.3. The van der Waals surface area contributed by atoms with E-state index in [-0.39, 0.29) is 18.7 Å². The Kier molecular flexibility index (Phi) is 7.17. The second-order valence-electron chi connectivity index (χ2n) is 8.74. The van der Waals surface area contributed by atoms with Gasteiger partial charge in [0.2, 0.25) is 5.60 Å². The van der Waals surface area contributed by atoms with Gasteiger partial charge in [-0.1, -0.05) is 42.5 Å². The molecule has 2 aromatic carbocycles. The number of rotatable bonds is 8. The molecule has 8 nitrogen and oxygen atoms in total. The minimum atomic E-state index is -1.63. The highest BCUT2D eigenvalue weighted by Crippen LogP contribution is 2.31. The number of carboxylic acid groups (broad SMARTS) is 1. The Morgan fingerprint density at radius 1 is 1.09 bits per heavy atom. The van der Waals surface area contributed by atoms with Gasteiger partial charge >= 0.3 is 5.97 Å². The maximum absolute atomic E-state index is 13.2. The maximum Gasteiger partial charge on any atom is 0.326 e. The number of methoxy groups -OCH3 is 1.